The first kappa shape index (κ1) is 17.7. The van der Waals surface area contributed by atoms with Crippen LogP contribution in [0.5, 0.6) is 0 Å². The molecule has 3 rings (SSSR count). The van der Waals surface area contributed by atoms with E-state index >= 15 is 0 Å². The number of nitrogens with zero attached hydrogens (tertiary/aromatic N) is 1. The molecule has 2 aromatic carbocycles. The SMILES string of the molecule is CCc1oc2ccccc2c1CN(C)C(=O)Nc1ccc(C(C)=O)cc1. The van der Waals surface area contributed by atoms with Gasteiger partial charge in [0.15, 0.2) is 5.78 Å². The lowest BCUT2D eigenvalue weighted by molar-refractivity contribution is 0.101. The van der Waals surface area contributed by atoms with Crippen molar-refractivity contribution in [3.63, 3.8) is 0 Å². The summed E-state index contributed by atoms with van der Waals surface area (Å²) < 4.78 is 5.89. The maximum absolute atomic E-state index is 12.5. The Kier molecular flexibility index (Phi) is 5.07. The van der Waals surface area contributed by atoms with Gasteiger partial charge in [-0.2, -0.15) is 0 Å². The Balaban J connectivity index is 1.74. The monoisotopic (exact) mass is 350 g/mol. The Bertz CT molecular complexity index is 942. The summed E-state index contributed by atoms with van der Waals surface area (Å²) in [5.74, 6) is 0.899. The second kappa shape index (κ2) is 7.44. The van der Waals surface area contributed by atoms with Gasteiger partial charge >= 0.3 is 6.03 Å². The molecule has 0 radical (unpaired) electrons. The largest absolute Gasteiger partial charge is 0.461 e. The Morgan fingerprint density at radius 3 is 2.42 bits per heavy atom. The number of benzene rings is 2. The summed E-state index contributed by atoms with van der Waals surface area (Å²) in [5, 5.41) is 3.89. The molecule has 0 atom stereocenters. The molecule has 0 unspecified atom stereocenters. The number of hydrogen-bond donors (Lipinski definition) is 1. The Morgan fingerprint density at radius 1 is 1.08 bits per heavy atom. The number of Topliss-reactive ketones (excluding diaryl/α,β-unsaturated/α-hetero) is 1. The van der Waals surface area contributed by atoms with E-state index in [1.54, 1.807) is 36.2 Å². The first-order chi connectivity index (χ1) is 12.5. The van der Waals surface area contributed by atoms with E-state index in [-0.39, 0.29) is 11.8 Å². The average Bonchev–Trinajstić information content (AvgIpc) is 3.00. The minimum atomic E-state index is -0.215. The van der Waals surface area contributed by atoms with Gasteiger partial charge in [0.25, 0.3) is 0 Å². The van der Waals surface area contributed by atoms with Crippen molar-refractivity contribution < 1.29 is 14.0 Å². The molecule has 0 fully saturated rings. The zero-order valence-corrected chi connectivity index (χ0v) is 15.2. The number of rotatable bonds is 5. The quantitative estimate of drug-likeness (QED) is 0.668. The fourth-order valence-corrected chi connectivity index (χ4v) is 2.92. The number of urea groups is 1. The number of carbonyl (C=O) groups is 2. The van der Waals surface area contributed by atoms with Crippen molar-refractivity contribution in [2.45, 2.75) is 26.8 Å². The van der Waals surface area contributed by atoms with E-state index in [4.69, 9.17) is 4.42 Å². The third-order valence-corrected chi connectivity index (χ3v) is 4.39. The number of ketones is 1. The minimum Gasteiger partial charge on any atom is -0.461 e. The lowest BCUT2D eigenvalue weighted by atomic mass is 10.1. The normalized spacial score (nSPS) is 10.7. The van der Waals surface area contributed by atoms with Crippen molar-refractivity contribution in [1.29, 1.82) is 0 Å². The van der Waals surface area contributed by atoms with E-state index in [0.717, 1.165) is 28.7 Å². The van der Waals surface area contributed by atoms with Gasteiger partial charge in [0.05, 0.1) is 6.54 Å². The highest BCUT2D eigenvalue weighted by atomic mass is 16.3. The smallest absolute Gasteiger partial charge is 0.321 e. The molecule has 0 bridgehead atoms. The van der Waals surface area contributed by atoms with Crippen LogP contribution in [0.1, 0.15) is 35.5 Å². The van der Waals surface area contributed by atoms with E-state index in [9.17, 15) is 9.59 Å². The van der Waals surface area contributed by atoms with Gasteiger partial charge < -0.3 is 14.6 Å². The highest BCUT2D eigenvalue weighted by molar-refractivity contribution is 5.95. The van der Waals surface area contributed by atoms with Crippen molar-refractivity contribution >= 4 is 28.5 Å². The van der Waals surface area contributed by atoms with Crippen LogP contribution in [-0.2, 0) is 13.0 Å². The van der Waals surface area contributed by atoms with Crippen molar-refractivity contribution in [2.24, 2.45) is 0 Å². The van der Waals surface area contributed by atoms with Crippen LogP contribution in [0.15, 0.2) is 52.9 Å². The number of nitrogens with one attached hydrogen (secondary N) is 1. The predicted octanol–water partition coefficient (Wildman–Crippen LogP) is 4.86. The molecule has 134 valence electrons. The van der Waals surface area contributed by atoms with Gasteiger partial charge in [-0.3, -0.25) is 4.79 Å². The molecule has 0 aliphatic heterocycles. The van der Waals surface area contributed by atoms with Gasteiger partial charge in [0.1, 0.15) is 11.3 Å². The number of anilines is 1. The van der Waals surface area contributed by atoms with Crippen LogP contribution < -0.4 is 5.32 Å². The summed E-state index contributed by atoms with van der Waals surface area (Å²) >= 11 is 0. The van der Waals surface area contributed by atoms with Crippen LogP contribution in [0.3, 0.4) is 0 Å². The molecule has 3 aromatic rings. The molecular weight excluding hydrogens is 328 g/mol. The first-order valence-corrected chi connectivity index (χ1v) is 8.62. The third kappa shape index (κ3) is 3.61. The molecule has 0 spiro atoms. The maximum Gasteiger partial charge on any atom is 0.321 e. The Hall–Kier alpha value is -3.08. The number of amides is 2. The van der Waals surface area contributed by atoms with Gasteiger partial charge in [0.2, 0.25) is 0 Å². The molecule has 2 amide bonds. The summed E-state index contributed by atoms with van der Waals surface area (Å²) in [6, 6.07) is 14.5. The van der Waals surface area contributed by atoms with Crippen LogP contribution in [-0.4, -0.2) is 23.8 Å². The highest BCUT2D eigenvalue weighted by Gasteiger charge is 2.17. The zero-order valence-electron chi connectivity index (χ0n) is 15.2. The van der Waals surface area contributed by atoms with Gasteiger partial charge in [-0.15, -0.1) is 0 Å². The Morgan fingerprint density at radius 2 is 1.77 bits per heavy atom. The van der Waals surface area contributed by atoms with Crippen molar-refractivity contribution in [1.82, 2.24) is 4.90 Å². The lowest BCUT2D eigenvalue weighted by Crippen LogP contribution is -2.31. The number of para-hydroxylation sites is 1. The fraction of sp³-hybridized carbons (Fsp3) is 0.238. The minimum absolute atomic E-state index is 0.000995. The summed E-state index contributed by atoms with van der Waals surface area (Å²) in [4.78, 5) is 25.5. The molecule has 5 nitrogen and oxygen atoms in total. The summed E-state index contributed by atoms with van der Waals surface area (Å²) in [5.41, 5.74) is 3.15. The van der Waals surface area contributed by atoms with Gasteiger partial charge in [0, 0.05) is 35.7 Å². The fourth-order valence-electron chi connectivity index (χ4n) is 2.92. The van der Waals surface area contributed by atoms with Crippen LogP contribution in [0.2, 0.25) is 0 Å². The van der Waals surface area contributed by atoms with Gasteiger partial charge in [-0.05, 0) is 37.3 Å². The predicted molar refractivity (Wildman–Crippen MR) is 103 cm³/mol. The number of hydrogen-bond acceptors (Lipinski definition) is 3. The van der Waals surface area contributed by atoms with Crippen LogP contribution >= 0.6 is 0 Å². The van der Waals surface area contributed by atoms with Crippen molar-refractivity contribution in [2.75, 3.05) is 12.4 Å². The summed E-state index contributed by atoms with van der Waals surface area (Å²) in [6.07, 6.45) is 0.770. The molecule has 26 heavy (non-hydrogen) atoms. The number of aryl methyl sites for hydroxylation is 1. The number of furan rings is 1. The molecule has 1 N–H and O–H groups in total. The molecular formula is C21H22N2O3. The molecule has 5 heteroatoms. The maximum atomic E-state index is 12.5. The van der Waals surface area contributed by atoms with E-state index in [1.807, 2.05) is 31.2 Å². The standard InChI is InChI=1S/C21H22N2O3/c1-4-19-18(17-7-5-6-8-20(17)26-19)13-23(3)21(25)22-16-11-9-15(10-12-16)14(2)24/h5-12H,4,13H2,1-3H3,(H,22,25). The molecule has 0 saturated heterocycles. The molecule has 1 aromatic heterocycles. The molecule has 0 saturated carbocycles. The molecule has 1 heterocycles. The molecule has 0 aliphatic rings. The topological polar surface area (TPSA) is 62.6 Å². The zero-order chi connectivity index (χ0) is 18.7. The van der Waals surface area contributed by atoms with E-state index in [2.05, 4.69) is 5.32 Å². The van der Waals surface area contributed by atoms with Gasteiger partial charge in [-0.25, -0.2) is 4.79 Å². The van der Waals surface area contributed by atoms with Gasteiger partial charge in [-0.1, -0.05) is 25.1 Å². The summed E-state index contributed by atoms with van der Waals surface area (Å²) in [6.45, 7) is 4.01. The first-order valence-electron chi connectivity index (χ1n) is 8.62. The van der Waals surface area contributed by atoms with Crippen LogP contribution in [0.4, 0.5) is 10.5 Å². The van der Waals surface area contributed by atoms with E-state index in [1.165, 1.54) is 6.92 Å². The Labute approximate surface area is 152 Å². The third-order valence-electron chi connectivity index (χ3n) is 4.39. The van der Waals surface area contributed by atoms with E-state index < -0.39 is 0 Å². The van der Waals surface area contributed by atoms with Crippen LogP contribution in [0, 0.1) is 0 Å². The van der Waals surface area contributed by atoms with E-state index in [0.29, 0.717) is 17.8 Å². The second-order valence-electron chi connectivity index (χ2n) is 6.27. The second-order valence-corrected chi connectivity index (χ2v) is 6.27. The summed E-state index contributed by atoms with van der Waals surface area (Å²) in [7, 11) is 1.75. The number of fused-ring (bicyclic) bond motifs is 1. The molecule has 0 aliphatic carbocycles. The number of carbonyl (C=O) groups excluding carboxylic acids is 2. The van der Waals surface area contributed by atoms with Crippen LogP contribution in [0.25, 0.3) is 11.0 Å². The van der Waals surface area contributed by atoms with Crippen molar-refractivity contribution in [3.05, 3.63) is 65.4 Å². The van der Waals surface area contributed by atoms with Crippen molar-refractivity contribution in [3.8, 4) is 0 Å². The average molecular weight is 350 g/mol. The highest BCUT2D eigenvalue weighted by Crippen LogP contribution is 2.27. The lowest BCUT2D eigenvalue weighted by Gasteiger charge is -2.18.